The molecule has 1 atom stereocenters. The predicted octanol–water partition coefficient (Wildman–Crippen LogP) is 5.09. The molecule has 10 heteroatoms. The fourth-order valence-corrected chi connectivity index (χ4v) is 5.44. The van der Waals surface area contributed by atoms with Gasteiger partial charge in [-0.2, -0.15) is 10.2 Å². The zero-order valence-corrected chi connectivity index (χ0v) is 20.0. The Bertz CT molecular complexity index is 1330. The van der Waals surface area contributed by atoms with E-state index in [9.17, 15) is 0 Å². The first-order chi connectivity index (χ1) is 16.5. The van der Waals surface area contributed by atoms with E-state index in [2.05, 4.69) is 37.4 Å². The largest absolute Gasteiger partial charge is 0.486 e. The molecular formula is C24H22Cl2N6O2. The van der Waals surface area contributed by atoms with E-state index in [4.69, 9.17) is 37.7 Å². The van der Waals surface area contributed by atoms with Crippen LogP contribution < -0.4 is 9.64 Å². The molecule has 8 nitrogen and oxygen atoms in total. The van der Waals surface area contributed by atoms with E-state index < -0.39 is 6.10 Å². The lowest BCUT2D eigenvalue weighted by atomic mass is 9.79. The van der Waals surface area contributed by atoms with Crippen molar-refractivity contribution in [1.82, 2.24) is 25.4 Å². The molecule has 0 amide bonds. The summed E-state index contributed by atoms with van der Waals surface area (Å²) in [4.78, 5) is 7.01. The van der Waals surface area contributed by atoms with Gasteiger partial charge in [-0.1, -0.05) is 23.2 Å². The van der Waals surface area contributed by atoms with Crippen molar-refractivity contribution in [2.24, 2.45) is 5.41 Å². The zero-order chi connectivity index (χ0) is 23.3. The molecule has 2 aliphatic heterocycles. The van der Waals surface area contributed by atoms with Crippen molar-refractivity contribution >= 4 is 39.9 Å². The number of hydrogen-bond acceptors (Lipinski definition) is 7. The second-order valence-corrected chi connectivity index (χ2v) is 9.77. The van der Waals surface area contributed by atoms with E-state index in [0.717, 1.165) is 60.7 Å². The number of aromatic amines is 1. The summed E-state index contributed by atoms with van der Waals surface area (Å²) in [5.41, 5.74) is 3.59. The van der Waals surface area contributed by atoms with Crippen LogP contribution >= 0.6 is 23.2 Å². The summed E-state index contributed by atoms with van der Waals surface area (Å²) in [5.74, 6) is 1.65. The van der Waals surface area contributed by atoms with E-state index in [-0.39, 0.29) is 5.15 Å². The van der Waals surface area contributed by atoms with Gasteiger partial charge < -0.3 is 14.4 Å². The minimum absolute atomic E-state index is 0.227. The molecular weight excluding hydrogens is 475 g/mol. The normalized spacial score (nSPS) is 17.8. The molecule has 0 radical (unpaired) electrons. The number of H-pyrrole nitrogens is 1. The molecule has 1 N–H and O–H groups in total. The number of rotatable bonds is 5. The van der Waals surface area contributed by atoms with Crippen LogP contribution in [0.15, 0.2) is 42.7 Å². The van der Waals surface area contributed by atoms with Gasteiger partial charge in [-0.25, -0.2) is 4.98 Å². The summed E-state index contributed by atoms with van der Waals surface area (Å²) in [6, 6.07) is 9.89. The van der Waals surface area contributed by atoms with Crippen molar-refractivity contribution in [3.8, 4) is 17.0 Å². The number of halogens is 2. The third-order valence-electron chi connectivity index (χ3n) is 6.63. The number of aromatic nitrogens is 5. The molecule has 2 fully saturated rings. The minimum Gasteiger partial charge on any atom is -0.486 e. The summed E-state index contributed by atoms with van der Waals surface area (Å²) in [6.07, 6.45) is 4.06. The molecule has 1 aromatic carbocycles. The monoisotopic (exact) mass is 496 g/mol. The molecule has 0 aliphatic carbocycles. The summed E-state index contributed by atoms with van der Waals surface area (Å²) in [5, 5.41) is 16.8. The van der Waals surface area contributed by atoms with Gasteiger partial charge in [0.25, 0.3) is 0 Å². The Kier molecular flexibility index (Phi) is 5.32. The third kappa shape index (κ3) is 3.76. The van der Waals surface area contributed by atoms with Gasteiger partial charge in [0.1, 0.15) is 23.4 Å². The lowest BCUT2D eigenvalue weighted by Gasteiger charge is -2.47. The van der Waals surface area contributed by atoms with Crippen molar-refractivity contribution in [3.63, 3.8) is 0 Å². The standard InChI is InChI=1S/C24H22Cl2N6O2/c1-14(21-18(25)10-28-31-23(21)26)34-16-3-4-19-17(8-16)22(30-29-19)15-2-5-20(27-9-15)32-11-24(12-32)6-7-33-13-24/h2-5,8-10,14H,6-7,11-13H2,1H3,(H,29,30)/t14-/m1/s1. The first kappa shape index (κ1) is 21.6. The number of nitrogens with zero attached hydrogens (tertiary/aromatic N) is 5. The molecule has 174 valence electrons. The van der Waals surface area contributed by atoms with Gasteiger partial charge in [-0.15, -0.1) is 5.10 Å². The second-order valence-electron chi connectivity index (χ2n) is 9.00. The number of benzene rings is 1. The maximum absolute atomic E-state index is 6.26. The molecule has 0 saturated carbocycles. The van der Waals surface area contributed by atoms with Crippen LogP contribution in [0.3, 0.4) is 0 Å². The number of anilines is 1. The topological polar surface area (TPSA) is 89.0 Å². The molecule has 5 heterocycles. The van der Waals surface area contributed by atoms with E-state index in [0.29, 0.717) is 21.8 Å². The molecule has 2 aliphatic rings. The van der Waals surface area contributed by atoms with Crippen LogP contribution in [0.1, 0.15) is 25.0 Å². The highest BCUT2D eigenvalue weighted by atomic mass is 35.5. The Labute approximate surface area is 206 Å². The highest BCUT2D eigenvalue weighted by molar-refractivity contribution is 6.35. The van der Waals surface area contributed by atoms with Gasteiger partial charge in [-0.05, 0) is 43.7 Å². The smallest absolute Gasteiger partial charge is 0.160 e. The Balaban J connectivity index is 1.23. The average molecular weight is 497 g/mol. The van der Waals surface area contributed by atoms with Crippen molar-refractivity contribution < 1.29 is 9.47 Å². The molecule has 2 saturated heterocycles. The van der Waals surface area contributed by atoms with Crippen LogP contribution in [-0.2, 0) is 4.74 Å². The van der Waals surface area contributed by atoms with Crippen LogP contribution in [0.4, 0.5) is 5.82 Å². The van der Waals surface area contributed by atoms with Gasteiger partial charge in [-0.3, -0.25) is 5.10 Å². The van der Waals surface area contributed by atoms with E-state index in [1.165, 1.54) is 6.20 Å². The second kappa shape index (κ2) is 8.37. The average Bonchev–Trinajstić information content (AvgIpc) is 3.46. The van der Waals surface area contributed by atoms with Crippen molar-refractivity contribution in [2.45, 2.75) is 19.4 Å². The third-order valence-corrected chi connectivity index (χ3v) is 7.21. The van der Waals surface area contributed by atoms with E-state index in [1.54, 1.807) is 0 Å². The van der Waals surface area contributed by atoms with Crippen molar-refractivity contribution in [1.29, 1.82) is 0 Å². The molecule has 0 bridgehead atoms. The van der Waals surface area contributed by atoms with Crippen LogP contribution in [0.2, 0.25) is 10.2 Å². The molecule has 3 aromatic heterocycles. The van der Waals surface area contributed by atoms with Crippen LogP contribution in [-0.4, -0.2) is 51.7 Å². The zero-order valence-electron chi connectivity index (χ0n) is 18.5. The van der Waals surface area contributed by atoms with Gasteiger partial charge in [0.15, 0.2) is 5.15 Å². The molecule has 6 rings (SSSR count). The SMILES string of the molecule is C[C@@H](Oc1ccc2[nH]nc(-c3ccc(N4CC5(CCOC5)C4)nc3)c2c1)c1c(Cl)cnnc1Cl. The first-order valence-corrected chi connectivity index (χ1v) is 11.9. The van der Waals surface area contributed by atoms with Crippen LogP contribution in [0.5, 0.6) is 5.75 Å². The van der Waals surface area contributed by atoms with Crippen molar-refractivity contribution in [2.75, 3.05) is 31.2 Å². The lowest BCUT2D eigenvalue weighted by molar-refractivity contribution is 0.131. The van der Waals surface area contributed by atoms with Crippen molar-refractivity contribution in [3.05, 3.63) is 58.5 Å². The Morgan fingerprint density at radius 3 is 2.79 bits per heavy atom. The lowest BCUT2D eigenvalue weighted by Crippen LogP contribution is -2.57. The Morgan fingerprint density at radius 1 is 1.18 bits per heavy atom. The maximum Gasteiger partial charge on any atom is 0.160 e. The Morgan fingerprint density at radius 2 is 2.06 bits per heavy atom. The fourth-order valence-electron chi connectivity index (χ4n) is 4.80. The summed E-state index contributed by atoms with van der Waals surface area (Å²) < 4.78 is 11.7. The fraction of sp³-hybridized carbons (Fsp3) is 0.333. The number of ether oxygens (including phenoxy) is 2. The first-order valence-electron chi connectivity index (χ1n) is 11.1. The molecule has 1 spiro atoms. The molecule has 4 aromatic rings. The van der Waals surface area contributed by atoms with E-state index >= 15 is 0 Å². The minimum atomic E-state index is -0.408. The quantitative estimate of drug-likeness (QED) is 0.411. The van der Waals surface area contributed by atoms with Gasteiger partial charge in [0.2, 0.25) is 0 Å². The summed E-state index contributed by atoms with van der Waals surface area (Å²) in [7, 11) is 0. The number of pyridine rings is 1. The summed E-state index contributed by atoms with van der Waals surface area (Å²) in [6.45, 7) is 5.61. The van der Waals surface area contributed by atoms with Crippen LogP contribution in [0, 0.1) is 5.41 Å². The maximum atomic E-state index is 6.26. The van der Waals surface area contributed by atoms with Gasteiger partial charge in [0.05, 0.1) is 28.9 Å². The number of hydrogen-bond donors (Lipinski definition) is 1. The predicted molar refractivity (Wildman–Crippen MR) is 131 cm³/mol. The number of nitrogens with one attached hydrogen (secondary N) is 1. The molecule has 34 heavy (non-hydrogen) atoms. The summed E-state index contributed by atoms with van der Waals surface area (Å²) >= 11 is 12.4. The van der Waals surface area contributed by atoms with E-state index in [1.807, 2.05) is 31.3 Å². The van der Waals surface area contributed by atoms with Gasteiger partial charge >= 0.3 is 0 Å². The van der Waals surface area contributed by atoms with Gasteiger partial charge in [0, 0.05) is 42.3 Å². The Hall–Kier alpha value is -2.94. The van der Waals surface area contributed by atoms with Crippen LogP contribution in [0.25, 0.3) is 22.2 Å². The number of fused-ring (bicyclic) bond motifs is 1. The highest BCUT2D eigenvalue weighted by Crippen LogP contribution is 2.40. The molecule has 0 unspecified atom stereocenters. The highest BCUT2D eigenvalue weighted by Gasteiger charge is 2.46.